The van der Waals surface area contributed by atoms with Crippen LogP contribution in [0.2, 0.25) is 0 Å². The molecule has 7 aromatic carbocycles. The van der Waals surface area contributed by atoms with Gasteiger partial charge >= 0.3 is 0 Å². The lowest BCUT2D eigenvalue weighted by atomic mass is 9.52. The number of hydrogen-bond donors (Lipinski definition) is 8. The molecule has 502 valence electrons. The third kappa shape index (κ3) is 11.4. The third-order valence-corrected chi connectivity index (χ3v) is 26.2. The quantitative estimate of drug-likeness (QED) is 0.0222. The molecular weight excluding hydrogens is 1230 g/mol. The van der Waals surface area contributed by atoms with Gasteiger partial charge in [-0.2, -0.15) is 8.42 Å². The molecule has 11 aliphatic rings. The van der Waals surface area contributed by atoms with E-state index in [1.54, 1.807) is 12.1 Å². The lowest BCUT2D eigenvalue weighted by Gasteiger charge is -2.57. The minimum Gasteiger partial charge on any atom is -0.508 e. The largest absolute Gasteiger partial charge is 0.508 e. The number of rotatable bonds is 9. The van der Waals surface area contributed by atoms with Crippen LogP contribution in [0.1, 0.15) is 191 Å². The van der Waals surface area contributed by atoms with Gasteiger partial charge in [0.15, 0.2) is 5.96 Å². The Kier molecular flexibility index (Phi) is 16.7. The van der Waals surface area contributed by atoms with E-state index < -0.39 is 62.6 Å². The van der Waals surface area contributed by atoms with Crippen LogP contribution in [0.3, 0.4) is 0 Å². The monoisotopic (exact) mass is 1320 g/mol. The molecule has 0 spiro atoms. The molecule has 5 aliphatic heterocycles. The summed E-state index contributed by atoms with van der Waals surface area (Å²) >= 11 is 0. The van der Waals surface area contributed by atoms with Crippen LogP contribution in [0.25, 0.3) is 16.8 Å². The summed E-state index contributed by atoms with van der Waals surface area (Å²) in [5.41, 5.74) is 26.2. The van der Waals surface area contributed by atoms with E-state index in [1.165, 1.54) is 38.6 Å². The maximum Gasteiger partial charge on any atom is 0.268 e. The second-order valence-corrected chi connectivity index (χ2v) is 31.9. The molecule has 0 aromatic heterocycles. The minimum atomic E-state index is -4.73. The molecule has 14 heteroatoms. The maximum absolute atomic E-state index is 14.7. The first-order valence-corrected chi connectivity index (χ1v) is 37.2. The highest BCUT2D eigenvalue weighted by molar-refractivity contribution is 7.86. The number of nitrogens with one attached hydrogen (secondary N) is 1. The molecule has 0 amide bonds. The van der Waals surface area contributed by atoms with Crippen LogP contribution in [-0.4, -0.2) is 70.0 Å². The Morgan fingerprint density at radius 1 is 0.825 bits per heavy atom. The Morgan fingerprint density at radius 3 is 2.42 bits per heavy atom. The number of hydrogen-bond acceptors (Lipinski definition) is 10. The normalized spacial score (nSPS) is 32.3. The van der Waals surface area contributed by atoms with Gasteiger partial charge in [-0.15, -0.1) is 0 Å². The van der Waals surface area contributed by atoms with Crippen molar-refractivity contribution >= 4 is 32.9 Å². The second kappa shape index (κ2) is 25.3. The molecule has 1 saturated heterocycles. The van der Waals surface area contributed by atoms with Crippen LogP contribution >= 0.6 is 0 Å². The number of guanidine groups is 1. The van der Waals surface area contributed by atoms with Crippen molar-refractivity contribution in [1.29, 1.82) is 0 Å². The number of aliphatic imine (C=N–C) groups is 1. The minimum absolute atomic E-state index is 0.00498. The number of allylic oxidation sites excluding steroid dienone is 1. The van der Waals surface area contributed by atoms with Crippen molar-refractivity contribution in [3.05, 3.63) is 229 Å². The maximum atomic E-state index is 14.7. The van der Waals surface area contributed by atoms with Crippen molar-refractivity contribution in [1.82, 2.24) is 5.32 Å². The van der Waals surface area contributed by atoms with E-state index in [2.05, 4.69) is 145 Å². The molecule has 13 nitrogen and oxygen atoms in total. The Labute approximate surface area is 570 Å². The molecule has 10 N–H and O–H groups in total. The number of phenolic OH excluding ortho intramolecular Hbond substituents is 1. The van der Waals surface area contributed by atoms with Crippen molar-refractivity contribution < 1.29 is 42.9 Å². The fourth-order valence-electron chi connectivity index (χ4n) is 20.5. The van der Waals surface area contributed by atoms with Crippen LogP contribution in [0, 0.1) is 53.3 Å². The van der Waals surface area contributed by atoms with Gasteiger partial charge in [-0.1, -0.05) is 140 Å². The summed E-state index contributed by atoms with van der Waals surface area (Å²) < 4.78 is 56.3. The number of nitrogens with zero attached hydrogens (tertiary/aromatic N) is 1. The Hall–Kier alpha value is -7.58. The second-order valence-electron chi connectivity index (χ2n) is 30.3. The number of aliphatic hydroxyl groups excluding tert-OH is 2. The fourth-order valence-corrected chi connectivity index (χ4v) is 21.6. The van der Waals surface area contributed by atoms with Crippen molar-refractivity contribution in [2.75, 3.05) is 13.7 Å². The molecule has 5 heterocycles. The zero-order chi connectivity index (χ0) is 66.6. The van der Waals surface area contributed by atoms with Gasteiger partial charge in [0.1, 0.15) is 17.6 Å². The number of aryl methyl sites for hydroxylation is 2. The molecule has 97 heavy (non-hydrogen) atoms. The highest BCUT2D eigenvalue weighted by Crippen LogP contribution is 2.61. The summed E-state index contributed by atoms with van der Waals surface area (Å²) in [5.74, 6) is 4.24. The molecule has 0 radical (unpaired) electrons. The van der Waals surface area contributed by atoms with Gasteiger partial charge in [-0.25, -0.2) is 4.99 Å². The zero-order valence-corrected chi connectivity index (χ0v) is 56.3. The zero-order valence-electron chi connectivity index (χ0n) is 55.5. The molecule has 17 unspecified atom stereocenters. The first-order valence-electron chi connectivity index (χ1n) is 35.7. The Bertz CT molecular complexity index is 4500. The number of aliphatic hydroxyl groups is 3. The standard InChI is InChI=1S/C83H90N4O9S/c1-47-14-15-55-40-64-27-32-66(55)71(47)43-75(97(92,93)94)72-42-59-38-58(41-65-34-49(46-88)10-6-12-53-39-63(89)26-31-69(53)80(59)95-65)76(72)51-16-23-62(24-17-51)83(96-64,87-81(84)85)73-33-25-61-22-18-57(44-82(61,91)74(73)35-48-8-4-3-5-9-48)52-20-29-68-54(36-52)21-28-67-60(45-86-2)37-56-13-7-11-50-19-30-70(79(68)90)78(67)77(50)56/h3-5,7-9,11,13,16-17,19-20,23-24,26-27,29-32,36-37,39-40,42,47,49,57-58,61,65,70-76,79-80,86,88-91H,10,14-15,18,21-22,25,28,33-35,38,41,43-46H2,1-2H3,(H4,84,85,87)(H,92,93,94). The molecular formula is C83H90N4O9S. The average molecular weight is 1320 g/mol. The number of benzene rings is 7. The van der Waals surface area contributed by atoms with Crippen LogP contribution in [0.15, 0.2) is 156 Å². The van der Waals surface area contributed by atoms with Crippen molar-refractivity contribution in [2.45, 2.75) is 168 Å². The third-order valence-electron chi connectivity index (χ3n) is 25.0. The molecule has 18 rings (SSSR count). The van der Waals surface area contributed by atoms with E-state index >= 15 is 0 Å². The highest BCUT2D eigenvalue weighted by Gasteiger charge is 2.60. The van der Waals surface area contributed by atoms with Gasteiger partial charge in [0.05, 0.1) is 23.1 Å². The highest BCUT2D eigenvalue weighted by atomic mass is 32.2. The van der Waals surface area contributed by atoms with Crippen LogP contribution < -0.4 is 21.5 Å². The first kappa shape index (κ1) is 64.1. The number of fused-ring (bicyclic) bond motifs is 10. The first-order chi connectivity index (χ1) is 46.9. The van der Waals surface area contributed by atoms with Gasteiger partial charge < -0.3 is 46.7 Å². The van der Waals surface area contributed by atoms with E-state index in [4.69, 9.17) is 25.9 Å². The summed E-state index contributed by atoms with van der Waals surface area (Å²) in [6, 6.07) is 45.7. The summed E-state index contributed by atoms with van der Waals surface area (Å²) in [5, 5.41) is 53.5. The van der Waals surface area contributed by atoms with E-state index in [0.717, 1.165) is 89.6 Å². The van der Waals surface area contributed by atoms with Crippen LogP contribution in [0.5, 0.6) is 11.5 Å². The lowest BCUT2D eigenvalue weighted by molar-refractivity contribution is -0.177. The molecule has 3 fully saturated rings. The van der Waals surface area contributed by atoms with Crippen molar-refractivity contribution in [2.24, 2.45) is 57.9 Å². The van der Waals surface area contributed by atoms with Gasteiger partial charge in [0.2, 0.25) is 5.72 Å². The topological polar surface area (TPSA) is 230 Å². The van der Waals surface area contributed by atoms with Crippen molar-refractivity contribution in [3.63, 3.8) is 0 Å². The summed E-state index contributed by atoms with van der Waals surface area (Å²) in [6.45, 7) is 2.84. The molecule has 7 aromatic rings. The fraction of sp³-hybridized carbons (Fsp3) is 0.434. The van der Waals surface area contributed by atoms with E-state index in [1.807, 2.05) is 25.2 Å². The van der Waals surface area contributed by atoms with Gasteiger partial charge in [0, 0.05) is 59.9 Å². The number of aromatic hydroxyl groups is 1. The number of nitrogens with two attached hydrogens (primary N) is 2. The lowest BCUT2D eigenvalue weighted by Crippen LogP contribution is -2.60. The van der Waals surface area contributed by atoms with E-state index in [-0.39, 0.29) is 72.3 Å². The summed E-state index contributed by atoms with van der Waals surface area (Å²) in [7, 11) is -2.73. The SMILES string of the molecule is CNCc1cc2cccc3c2c2c1CCc1cc(C4CCC5CCC(C6(N=C(N)N)Oc7ccc8c(c7)CCC(C)C8CC(S(=O)(=O)O)C7C=C8CC(CC9CC(CO)CC#Cc%10cc(O)ccc%10C8O9)C7c7ccc6cc7)C(Cc6ccccc6)C5(O)C4)ccc1C(O)C2C=C3. The van der Waals surface area contributed by atoms with Crippen LogP contribution in [-0.2, 0) is 52.8 Å². The molecule has 6 aliphatic carbocycles. The average Bonchev–Trinajstić information content (AvgIpc) is 1.64. The smallest absolute Gasteiger partial charge is 0.268 e. The summed E-state index contributed by atoms with van der Waals surface area (Å²) in [4.78, 5) is 5.42. The van der Waals surface area contributed by atoms with Gasteiger partial charge in [-0.3, -0.25) is 4.55 Å². The number of phenols is 1. The summed E-state index contributed by atoms with van der Waals surface area (Å²) in [6.07, 6.45) is 14.3. The molecule has 10 bridgehead atoms. The Balaban J connectivity index is 0.821. The van der Waals surface area contributed by atoms with E-state index in [0.29, 0.717) is 68.2 Å². The Morgan fingerprint density at radius 2 is 1.62 bits per heavy atom. The molecule has 2 saturated carbocycles. The molecule has 17 atom stereocenters. The van der Waals surface area contributed by atoms with Crippen molar-refractivity contribution in [3.8, 4) is 23.3 Å². The predicted molar refractivity (Wildman–Crippen MR) is 379 cm³/mol. The van der Waals surface area contributed by atoms with E-state index in [9.17, 15) is 33.4 Å². The van der Waals surface area contributed by atoms with Gasteiger partial charge in [-0.05, 0) is 246 Å². The van der Waals surface area contributed by atoms with Gasteiger partial charge in [0.25, 0.3) is 10.1 Å². The number of ether oxygens (including phenoxy) is 2. The van der Waals surface area contributed by atoms with Crippen LogP contribution in [0.4, 0.5) is 0 Å². The predicted octanol–water partition coefficient (Wildman–Crippen LogP) is 13.6.